The summed E-state index contributed by atoms with van der Waals surface area (Å²) in [6, 6.07) is 5.13. The fraction of sp³-hybridized carbons (Fsp3) is 0.607. The third kappa shape index (κ3) is 5.96. The Morgan fingerprint density at radius 2 is 1.69 bits per heavy atom. The van der Waals surface area contributed by atoms with Crippen molar-refractivity contribution in [1.29, 1.82) is 0 Å². The number of primary amides is 1. The summed E-state index contributed by atoms with van der Waals surface area (Å²) in [5.74, 6) is -0.283. The maximum absolute atomic E-state index is 13.9. The van der Waals surface area contributed by atoms with E-state index in [9.17, 15) is 22.8 Å². The number of nitrogens with two attached hydrogens (primary N) is 1. The molecule has 1 aromatic heterocycles. The summed E-state index contributed by atoms with van der Waals surface area (Å²) in [5, 5.41) is 4.67. The molecule has 2 aliphatic heterocycles. The van der Waals surface area contributed by atoms with Crippen molar-refractivity contribution in [3.8, 4) is 0 Å². The highest BCUT2D eigenvalue weighted by Crippen LogP contribution is 2.45. The molecule has 2 N–H and O–H groups in total. The van der Waals surface area contributed by atoms with Crippen LogP contribution in [0.1, 0.15) is 97.6 Å². The molecule has 1 aromatic carbocycles. The lowest BCUT2D eigenvalue weighted by atomic mass is 9.90. The van der Waals surface area contributed by atoms with Crippen LogP contribution in [0.5, 0.6) is 0 Å². The van der Waals surface area contributed by atoms with Crippen molar-refractivity contribution in [1.82, 2.24) is 19.6 Å². The first-order chi connectivity index (χ1) is 18.0. The van der Waals surface area contributed by atoms with Crippen LogP contribution in [0.3, 0.4) is 0 Å². The number of carbonyl (C=O) groups excluding carboxylic acids is 2. The highest BCUT2D eigenvalue weighted by atomic mass is 35.5. The number of nitrogens with zero attached hydrogens (tertiary/aromatic N) is 4. The highest BCUT2D eigenvalue weighted by Gasteiger charge is 2.42. The number of piperidine rings is 1. The van der Waals surface area contributed by atoms with Gasteiger partial charge < -0.3 is 15.5 Å². The van der Waals surface area contributed by atoms with Gasteiger partial charge in [-0.3, -0.25) is 14.3 Å². The zero-order valence-corrected chi connectivity index (χ0v) is 23.2. The standard InChI is InChI=1S/C28H36F3N5O2.ClH/c1-27(2,26(32)38)17-34-14-11-19(12-15-34)36-24(18-9-10-18)21(16-33-36)25(37)35-13-5-8-23(35)20-6-3-4-7-22(20)28(29,30)31;/h3-4,6-7,16,18-19,23H,5,8-15,17H2,1-2H3,(H2,32,38);1H. The van der Waals surface area contributed by atoms with Crippen LogP contribution < -0.4 is 5.73 Å². The van der Waals surface area contributed by atoms with Crippen molar-refractivity contribution in [3.05, 3.63) is 52.8 Å². The second-order valence-corrected chi connectivity index (χ2v) is 11.7. The van der Waals surface area contributed by atoms with E-state index in [1.807, 2.05) is 18.5 Å². The molecule has 2 aromatic rings. The maximum Gasteiger partial charge on any atom is 0.416 e. The zero-order chi connectivity index (χ0) is 27.2. The Kier molecular flexibility index (Phi) is 8.38. The van der Waals surface area contributed by atoms with Gasteiger partial charge in [0.15, 0.2) is 0 Å². The van der Waals surface area contributed by atoms with Gasteiger partial charge in [-0.05, 0) is 64.0 Å². The van der Waals surface area contributed by atoms with E-state index in [1.165, 1.54) is 12.1 Å². The molecule has 5 rings (SSSR count). The molecule has 0 radical (unpaired) electrons. The van der Waals surface area contributed by atoms with Crippen molar-refractivity contribution in [2.45, 2.75) is 76.6 Å². The van der Waals surface area contributed by atoms with Gasteiger partial charge in [0.25, 0.3) is 5.91 Å². The maximum atomic E-state index is 13.9. The van der Waals surface area contributed by atoms with Crippen LogP contribution in [-0.4, -0.2) is 57.6 Å². The normalized spacial score (nSPS) is 21.2. The molecule has 3 fully saturated rings. The third-order valence-corrected chi connectivity index (χ3v) is 8.36. The molecule has 1 atom stereocenters. The molecule has 3 aliphatic rings. The van der Waals surface area contributed by atoms with Gasteiger partial charge in [0.2, 0.25) is 5.91 Å². The summed E-state index contributed by atoms with van der Waals surface area (Å²) in [4.78, 5) is 29.5. The number of rotatable bonds is 7. The molecule has 7 nitrogen and oxygen atoms in total. The van der Waals surface area contributed by atoms with E-state index in [0.29, 0.717) is 31.5 Å². The van der Waals surface area contributed by atoms with Gasteiger partial charge in [0.1, 0.15) is 0 Å². The van der Waals surface area contributed by atoms with E-state index in [4.69, 9.17) is 5.73 Å². The summed E-state index contributed by atoms with van der Waals surface area (Å²) in [7, 11) is 0. The number of halogens is 4. The number of benzene rings is 1. The predicted molar refractivity (Wildman–Crippen MR) is 144 cm³/mol. The first kappa shape index (κ1) is 29.4. The Hall–Kier alpha value is -2.59. The minimum atomic E-state index is -4.47. The Labute approximate surface area is 233 Å². The van der Waals surface area contributed by atoms with Crippen LogP contribution in [0.15, 0.2) is 30.5 Å². The first-order valence-electron chi connectivity index (χ1n) is 13.5. The second-order valence-electron chi connectivity index (χ2n) is 11.7. The van der Waals surface area contributed by atoms with Crippen LogP contribution in [0.2, 0.25) is 0 Å². The Bertz CT molecular complexity index is 1200. The molecule has 39 heavy (non-hydrogen) atoms. The van der Waals surface area contributed by atoms with Gasteiger partial charge in [0, 0.05) is 32.1 Å². The molecule has 1 aliphatic carbocycles. The Balaban J connectivity index is 0.00000353. The SMILES string of the molecule is CC(C)(CN1CCC(n2ncc(C(=O)N3CCCC3c3ccccc3C(F)(F)F)c2C2CC2)CC1)C(N)=O.Cl. The second kappa shape index (κ2) is 11.1. The quantitative estimate of drug-likeness (QED) is 0.490. The van der Waals surface area contributed by atoms with Gasteiger partial charge in [-0.25, -0.2) is 0 Å². The van der Waals surface area contributed by atoms with Crippen molar-refractivity contribution in [3.63, 3.8) is 0 Å². The van der Waals surface area contributed by atoms with E-state index in [2.05, 4.69) is 10.00 Å². The molecule has 0 bridgehead atoms. The Morgan fingerprint density at radius 3 is 2.31 bits per heavy atom. The number of carbonyl (C=O) groups is 2. The topological polar surface area (TPSA) is 84.5 Å². The summed E-state index contributed by atoms with van der Waals surface area (Å²) in [6.07, 6.45) is 1.98. The lowest BCUT2D eigenvalue weighted by molar-refractivity contribution is -0.138. The minimum Gasteiger partial charge on any atom is -0.369 e. The number of hydrogen-bond acceptors (Lipinski definition) is 4. The lowest BCUT2D eigenvalue weighted by Crippen LogP contribution is -2.45. The molecular formula is C28H37ClF3N5O2. The molecule has 11 heteroatoms. The van der Waals surface area contributed by atoms with Crippen LogP contribution >= 0.6 is 12.4 Å². The van der Waals surface area contributed by atoms with Gasteiger partial charge in [-0.15, -0.1) is 12.4 Å². The van der Waals surface area contributed by atoms with Gasteiger partial charge in [-0.2, -0.15) is 18.3 Å². The largest absolute Gasteiger partial charge is 0.416 e. The van der Waals surface area contributed by atoms with Crippen molar-refractivity contribution >= 4 is 24.2 Å². The summed E-state index contributed by atoms with van der Waals surface area (Å²) >= 11 is 0. The number of aromatic nitrogens is 2. The van der Waals surface area contributed by atoms with E-state index in [-0.39, 0.29) is 41.7 Å². The monoisotopic (exact) mass is 567 g/mol. The summed E-state index contributed by atoms with van der Waals surface area (Å²) in [5.41, 5.74) is 5.90. The minimum absolute atomic E-state index is 0. The first-order valence-corrected chi connectivity index (χ1v) is 13.5. The predicted octanol–water partition coefficient (Wildman–Crippen LogP) is 5.33. The van der Waals surface area contributed by atoms with E-state index in [1.54, 1.807) is 17.2 Å². The summed E-state index contributed by atoms with van der Waals surface area (Å²) in [6.45, 7) is 6.35. The molecule has 2 amide bonds. The third-order valence-electron chi connectivity index (χ3n) is 8.36. The average Bonchev–Trinajstić information content (AvgIpc) is 3.42. The van der Waals surface area contributed by atoms with E-state index >= 15 is 0 Å². The molecule has 3 heterocycles. The number of amides is 2. The highest BCUT2D eigenvalue weighted by molar-refractivity contribution is 5.96. The van der Waals surface area contributed by atoms with Gasteiger partial charge >= 0.3 is 6.18 Å². The lowest BCUT2D eigenvalue weighted by Gasteiger charge is -2.36. The Morgan fingerprint density at radius 1 is 1.03 bits per heavy atom. The number of likely N-dealkylation sites (tertiary alicyclic amines) is 2. The molecule has 0 spiro atoms. The fourth-order valence-electron chi connectivity index (χ4n) is 6.08. The number of alkyl halides is 3. The van der Waals surface area contributed by atoms with E-state index in [0.717, 1.165) is 50.5 Å². The molecule has 214 valence electrons. The molecule has 1 unspecified atom stereocenters. The number of hydrogen-bond donors (Lipinski definition) is 1. The zero-order valence-electron chi connectivity index (χ0n) is 22.4. The summed E-state index contributed by atoms with van der Waals surface area (Å²) < 4.78 is 43.3. The van der Waals surface area contributed by atoms with Crippen LogP contribution in [-0.2, 0) is 11.0 Å². The molecular weight excluding hydrogens is 531 g/mol. The van der Waals surface area contributed by atoms with Gasteiger partial charge in [0.05, 0.1) is 40.5 Å². The van der Waals surface area contributed by atoms with Crippen LogP contribution in [0.25, 0.3) is 0 Å². The van der Waals surface area contributed by atoms with Crippen molar-refractivity contribution in [2.24, 2.45) is 11.1 Å². The van der Waals surface area contributed by atoms with E-state index < -0.39 is 23.2 Å². The van der Waals surface area contributed by atoms with Crippen LogP contribution in [0.4, 0.5) is 13.2 Å². The fourth-order valence-corrected chi connectivity index (χ4v) is 6.08. The van der Waals surface area contributed by atoms with Crippen molar-refractivity contribution < 1.29 is 22.8 Å². The molecule has 1 saturated carbocycles. The smallest absolute Gasteiger partial charge is 0.369 e. The van der Waals surface area contributed by atoms with Crippen LogP contribution in [0, 0.1) is 5.41 Å². The molecule has 2 saturated heterocycles. The van der Waals surface area contributed by atoms with Gasteiger partial charge in [-0.1, -0.05) is 18.2 Å². The van der Waals surface area contributed by atoms with Crippen molar-refractivity contribution in [2.75, 3.05) is 26.2 Å². The average molecular weight is 568 g/mol.